The smallest absolute Gasteiger partial charge is 0.307 e. The molecule has 0 aliphatic heterocycles. The van der Waals surface area contributed by atoms with Crippen LogP contribution in [0.1, 0.15) is 16.2 Å². The molecule has 2 aromatic carbocycles. The topological polar surface area (TPSA) is 55.1 Å². The second kappa shape index (κ2) is 7.11. The molecular weight excluding hydrogens is 312 g/mol. The van der Waals surface area contributed by atoms with Gasteiger partial charge in [0.1, 0.15) is 0 Å². The van der Waals surface area contributed by atoms with E-state index in [2.05, 4.69) is 10.3 Å². The van der Waals surface area contributed by atoms with E-state index in [4.69, 9.17) is 16.0 Å². The van der Waals surface area contributed by atoms with Gasteiger partial charge in [-0.15, -0.1) is 0 Å². The van der Waals surface area contributed by atoms with Gasteiger partial charge in [0.05, 0.1) is 6.20 Å². The maximum atomic E-state index is 12.1. The van der Waals surface area contributed by atoms with Crippen LogP contribution in [-0.2, 0) is 6.42 Å². The van der Waals surface area contributed by atoms with Crippen molar-refractivity contribution >= 4 is 17.5 Å². The molecule has 0 saturated carbocycles. The summed E-state index contributed by atoms with van der Waals surface area (Å²) in [6.45, 7) is 0.464. The molecular formula is C18H15ClN2O2. The molecule has 0 aliphatic carbocycles. The lowest BCUT2D eigenvalue weighted by Crippen LogP contribution is -2.26. The summed E-state index contributed by atoms with van der Waals surface area (Å²) in [5, 5.41) is 3.48. The van der Waals surface area contributed by atoms with E-state index in [9.17, 15) is 4.79 Å². The number of amides is 1. The molecule has 1 N–H and O–H groups in total. The van der Waals surface area contributed by atoms with Gasteiger partial charge in [-0.05, 0) is 18.1 Å². The molecule has 0 atom stereocenters. The third-order valence-electron chi connectivity index (χ3n) is 3.40. The number of carbonyl (C=O) groups is 1. The zero-order valence-electron chi connectivity index (χ0n) is 12.3. The average molecular weight is 327 g/mol. The number of benzene rings is 2. The van der Waals surface area contributed by atoms with Gasteiger partial charge < -0.3 is 9.73 Å². The van der Waals surface area contributed by atoms with Gasteiger partial charge in [-0.1, -0.05) is 60.1 Å². The molecule has 1 heterocycles. The van der Waals surface area contributed by atoms with E-state index in [0.717, 1.165) is 11.1 Å². The number of nitrogens with one attached hydrogen (secondary N) is 1. The molecule has 0 radical (unpaired) electrons. The van der Waals surface area contributed by atoms with E-state index < -0.39 is 0 Å². The first-order valence-electron chi connectivity index (χ1n) is 7.27. The second-order valence-corrected chi connectivity index (χ2v) is 5.40. The van der Waals surface area contributed by atoms with Crippen molar-refractivity contribution < 1.29 is 9.21 Å². The summed E-state index contributed by atoms with van der Waals surface area (Å²) in [5.41, 5.74) is 1.88. The van der Waals surface area contributed by atoms with Gasteiger partial charge in [0.15, 0.2) is 5.76 Å². The predicted octanol–water partition coefficient (Wildman–Crippen LogP) is 3.97. The Hall–Kier alpha value is -2.59. The minimum absolute atomic E-state index is 0.0583. The van der Waals surface area contributed by atoms with Crippen molar-refractivity contribution in [2.24, 2.45) is 0 Å². The third kappa shape index (κ3) is 3.79. The van der Waals surface area contributed by atoms with E-state index in [1.165, 1.54) is 0 Å². The largest absolute Gasteiger partial charge is 0.432 e. The molecule has 0 bridgehead atoms. The minimum atomic E-state index is -0.334. The van der Waals surface area contributed by atoms with Crippen molar-refractivity contribution in [3.05, 3.63) is 77.3 Å². The van der Waals surface area contributed by atoms with Crippen LogP contribution >= 0.6 is 11.6 Å². The second-order valence-electron chi connectivity index (χ2n) is 4.99. The van der Waals surface area contributed by atoms with Crippen LogP contribution < -0.4 is 5.32 Å². The summed E-state index contributed by atoms with van der Waals surface area (Å²) in [6.07, 6.45) is 2.20. The van der Waals surface area contributed by atoms with Gasteiger partial charge in [0.25, 0.3) is 5.89 Å². The fraction of sp³-hybridized carbons (Fsp3) is 0.111. The van der Waals surface area contributed by atoms with Crippen LogP contribution in [0.3, 0.4) is 0 Å². The third-order valence-corrected chi connectivity index (χ3v) is 3.76. The normalized spacial score (nSPS) is 10.5. The van der Waals surface area contributed by atoms with Gasteiger partial charge in [-0.2, -0.15) is 0 Å². The SMILES string of the molecule is O=C(NCCc1ccccc1Cl)c1ncc(-c2ccccc2)o1. The number of nitrogens with zero attached hydrogens (tertiary/aromatic N) is 1. The number of oxazole rings is 1. The first-order valence-corrected chi connectivity index (χ1v) is 7.64. The Labute approximate surface area is 139 Å². The van der Waals surface area contributed by atoms with Crippen LogP contribution in [0.15, 0.2) is 65.2 Å². The van der Waals surface area contributed by atoms with Crippen molar-refractivity contribution in [1.82, 2.24) is 10.3 Å². The lowest BCUT2D eigenvalue weighted by Gasteiger charge is -2.04. The Morgan fingerprint density at radius 1 is 1.09 bits per heavy atom. The van der Waals surface area contributed by atoms with Crippen molar-refractivity contribution in [2.75, 3.05) is 6.54 Å². The van der Waals surface area contributed by atoms with Crippen molar-refractivity contribution in [3.63, 3.8) is 0 Å². The van der Waals surface area contributed by atoms with Crippen LogP contribution in [-0.4, -0.2) is 17.4 Å². The Kier molecular flexibility index (Phi) is 4.74. The molecule has 0 saturated heterocycles. The highest BCUT2D eigenvalue weighted by Crippen LogP contribution is 2.19. The summed E-state index contributed by atoms with van der Waals surface area (Å²) < 4.78 is 5.51. The number of rotatable bonds is 5. The van der Waals surface area contributed by atoms with E-state index in [0.29, 0.717) is 23.7 Å². The highest BCUT2D eigenvalue weighted by molar-refractivity contribution is 6.31. The molecule has 0 unspecified atom stereocenters. The molecule has 1 aromatic heterocycles. The zero-order chi connectivity index (χ0) is 16.1. The van der Waals surface area contributed by atoms with Crippen molar-refractivity contribution in [2.45, 2.75) is 6.42 Å². The van der Waals surface area contributed by atoms with E-state index in [1.54, 1.807) is 6.20 Å². The molecule has 3 aromatic rings. The summed E-state index contributed by atoms with van der Waals surface area (Å²) in [6, 6.07) is 17.1. The van der Waals surface area contributed by atoms with E-state index in [1.807, 2.05) is 54.6 Å². The Morgan fingerprint density at radius 2 is 1.83 bits per heavy atom. The molecule has 23 heavy (non-hydrogen) atoms. The van der Waals surface area contributed by atoms with Gasteiger partial charge in [-0.3, -0.25) is 4.79 Å². The molecule has 116 valence electrons. The molecule has 0 fully saturated rings. The van der Waals surface area contributed by atoms with Crippen molar-refractivity contribution in [3.8, 4) is 11.3 Å². The van der Waals surface area contributed by atoms with Gasteiger partial charge >= 0.3 is 5.91 Å². The first-order chi connectivity index (χ1) is 11.2. The van der Waals surface area contributed by atoms with Crippen LogP contribution in [0, 0.1) is 0 Å². The predicted molar refractivity (Wildman–Crippen MR) is 89.4 cm³/mol. The number of aromatic nitrogens is 1. The van der Waals surface area contributed by atoms with Crippen LogP contribution in [0.2, 0.25) is 5.02 Å². The minimum Gasteiger partial charge on any atom is -0.432 e. The standard InChI is InChI=1S/C18H15ClN2O2/c19-15-9-5-4-6-13(15)10-11-20-17(22)18-21-12-16(23-18)14-7-2-1-3-8-14/h1-9,12H,10-11H2,(H,20,22). The van der Waals surface area contributed by atoms with E-state index in [-0.39, 0.29) is 11.8 Å². The summed E-state index contributed by atoms with van der Waals surface area (Å²) in [7, 11) is 0. The molecule has 4 nitrogen and oxygen atoms in total. The van der Waals surface area contributed by atoms with Crippen LogP contribution in [0.5, 0.6) is 0 Å². The Balaban J connectivity index is 1.59. The lowest BCUT2D eigenvalue weighted by molar-refractivity contribution is 0.0920. The number of hydrogen-bond donors (Lipinski definition) is 1. The molecule has 1 amide bonds. The molecule has 3 rings (SSSR count). The number of halogens is 1. The maximum absolute atomic E-state index is 12.1. The zero-order valence-corrected chi connectivity index (χ0v) is 13.1. The Bertz CT molecular complexity index is 800. The van der Waals surface area contributed by atoms with Crippen LogP contribution in [0.25, 0.3) is 11.3 Å². The fourth-order valence-electron chi connectivity index (χ4n) is 2.20. The molecule has 0 spiro atoms. The highest BCUT2D eigenvalue weighted by atomic mass is 35.5. The van der Waals surface area contributed by atoms with Crippen molar-refractivity contribution in [1.29, 1.82) is 0 Å². The van der Waals surface area contributed by atoms with Gasteiger partial charge in [0.2, 0.25) is 0 Å². The number of carbonyl (C=O) groups excluding carboxylic acids is 1. The number of hydrogen-bond acceptors (Lipinski definition) is 3. The Morgan fingerprint density at radius 3 is 2.61 bits per heavy atom. The quantitative estimate of drug-likeness (QED) is 0.772. The summed E-state index contributed by atoms with van der Waals surface area (Å²) in [4.78, 5) is 16.1. The summed E-state index contributed by atoms with van der Waals surface area (Å²) >= 11 is 6.08. The van der Waals surface area contributed by atoms with E-state index >= 15 is 0 Å². The summed E-state index contributed by atoms with van der Waals surface area (Å²) in [5.74, 6) is 0.295. The molecule has 5 heteroatoms. The molecule has 0 aliphatic rings. The maximum Gasteiger partial charge on any atom is 0.307 e. The average Bonchev–Trinajstić information content (AvgIpc) is 3.07. The lowest BCUT2D eigenvalue weighted by atomic mass is 10.1. The highest BCUT2D eigenvalue weighted by Gasteiger charge is 2.13. The van der Waals surface area contributed by atoms with Gasteiger partial charge in [0, 0.05) is 17.1 Å². The monoisotopic (exact) mass is 326 g/mol. The first kappa shape index (κ1) is 15.3. The fourth-order valence-corrected chi connectivity index (χ4v) is 2.43. The van der Waals surface area contributed by atoms with Gasteiger partial charge in [-0.25, -0.2) is 4.98 Å². The van der Waals surface area contributed by atoms with Crippen LogP contribution in [0.4, 0.5) is 0 Å².